The van der Waals surface area contributed by atoms with E-state index >= 15 is 0 Å². The van der Waals surface area contributed by atoms with Crippen LogP contribution in [0.1, 0.15) is 12.6 Å². The lowest BCUT2D eigenvalue weighted by atomic mass is 9.87. The number of hydrogen-bond acceptors (Lipinski definition) is 7. The van der Waals surface area contributed by atoms with Gasteiger partial charge in [-0.2, -0.15) is 0 Å². The molecule has 2 aliphatic heterocycles. The molecule has 0 aliphatic carbocycles. The number of hydrogen-bond donors (Lipinski definition) is 1. The maximum absolute atomic E-state index is 12.5. The number of carbonyl (C=O) groups is 1. The number of pyridine rings is 2. The fraction of sp³-hybridized carbons (Fsp3) is 0.429. The van der Waals surface area contributed by atoms with Gasteiger partial charge in [0, 0.05) is 90.0 Å². The van der Waals surface area contributed by atoms with Crippen LogP contribution in [-0.4, -0.2) is 94.8 Å². The van der Waals surface area contributed by atoms with E-state index in [1.54, 1.807) is 19.0 Å². The maximum Gasteiger partial charge on any atom is 0.233 e. The number of rotatable bonds is 5. The monoisotopic (exact) mass is 500 g/mol. The fourth-order valence-electron chi connectivity index (χ4n) is 5.20. The fourth-order valence-corrected chi connectivity index (χ4v) is 5.20. The molecule has 1 unspecified atom stereocenters. The molecule has 1 atom stereocenters. The van der Waals surface area contributed by atoms with E-state index in [1.165, 1.54) is 5.69 Å². The van der Waals surface area contributed by atoms with Gasteiger partial charge in [0.2, 0.25) is 5.91 Å². The highest BCUT2D eigenvalue weighted by Crippen LogP contribution is 2.30. The first-order valence-electron chi connectivity index (χ1n) is 12.8. The van der Waals surface area contributed by atoms with E-state index in [4.69, 9.17) is 4.99 Å². The summed E-state index contributed by atoms with van der Waals surface area (Å²) in [5, 5.41) is 4.22. The van der Waals surface area contributed by atoms with Crippen LogP contribution in [0.15, 0.2) is 53.8 Å². The van der Waals surface area contributed by atoms with E-state index in [1.807, 2.05) is 44.6 Å². The quantitative estimate of drug-likeness (QED) is 0.580. The number of amidine groups is 1. The van der Waals surface area contributed by atoms with Gasteiger partial charge in [0.25, 0.3) is 0 Å². The Morgan fingerprint density at radius 2 is 1.92 bits per heavy atom. The first-order valence-corrected chi connectivity index (χ1v) is 12.8. The van der Waals surface area contributed by atoms with Crippen molar-refractivity contribution in [3.05, 3.63) is 54.5 Å². The number of amides is 1. The largest absolute Gasteiger partial charge is 0.373 e. The van der Waals surface area contributed by atoms with E-state index in [2.05, 4.69) is 54.9 Å². The molecular weight excluding hydrogens is 464 g/mol. The molecule has 3 aromatic rings. The Labute approximate surface area is 218 Å². The Kier molecular flexibility index (Phi) is 6.72. The minimum Gasteiger partial charge on any atom is -0.373 e. The number of dihydropyridines is 1. The number of piperazine rings is 1. The SMILES string of the molecule is CNc1ccc(-c2ccnc3c2cc(CN2CCN(C4=NCC(C)(C(=O)N(C)C)C=C4)CC2)n3C)cn1. The summed E-state index contributed by atoms with van der Waals surface area (Å²) in [6, 6.07) is 8.43. The highest BCUT2D eigenvalue weighted by atomic mass is 16.2. The van der Waals surface area contributed by atoms with Crippen molar-refractivity contribution in [1.82, 2.24) is 29.2 Å². The summed E-state index contributed by atoms with van der Waals surface area (Å²) in [7, 11) is 7.57. The van der Waals surface area contributed by atoms with Crippen molar-refractivity contribution >= 4 is 28.6 Å². The van der Waals surface area contributed by atoms with Gasteiger partial charge in [-0.15, -0.1) is 0 Å². The molecule has 0 spiro atoms. The van der Waals surface area contributed by atoms with Gasteiger partial charge in [-0.05, 0) is 42.8 Å². The van der Waals surface area contributed by atoms with Crippen molar-refractivity contribution in [2.45, 2.75) is 13.5 Å². The zero-order chi connectivity index (χ0) is 26.2. The highest BCUT2D eigenvalue weighted by Gasteiger charge is 2.34. The topological polar surface area (TPSA) is 81.9 Å². The molecule has 0 bridgehead atoms. The Balaban J connectivity index is 1.25. The van der Waals surface area contributed by atoms with Crippen molar-refractivity contribution in [3.8, 4) is 11.1 Å². The third-order valence-electron chi connectivity index (χ3n) is 7.51. The summed E-state index contributed by atoms with van der Waals surface area (Å²) >= 11 is 0. The smallest absolute Gasteiger partial charge is 0.233 e. The summed E-state index contributed by atoms with van der Waals surface area (Å²) in [6.45, 7) is 7.07. The summed E-state index contributed by atoms with van der Waals surface area (Å²) in [6.07, 6.45) is 7.83. The Morgan fingerprint density at radius 3 is 2.54 bits per heavy atom. The lowest BCUT2D eigenvalue weighted by molar-refractivity contribution is -0.135. The zero-order valence-electron chi connectivity index (χ0n) is 22.4. The van der Waals surface area contributed by atoms with Crippen molar-refractivity contribution in [3.63, 3.8) is 0 Å². The zero-order valence-corrected chi connectivity index (χ0v) is 22.4. The number of fused-ring (bicyclic) bond motifs is 1. The number of carbonyl (C=O) groups excluding carboxylic acids is 1. The molecule has 1 fully saturated rings. The molecule has 0 aromatic carbocycles. The number of anilines is 1. The molecule has 1 amide bonds. The predicted molar refractivity (Wildman–Crippen MR) is 149 cm³/mol. The lowest BCUT2D eigenvalue weighted by Gasteiger charge is -2.37. The van der Waals surface area contributed by atoms with E-state index in [0.29, 0.717) is 6.54 Å². The molecule has 0 radical (unpaired) electrons. The van der Waals surface area contributed by atoms with Crippen LogP contribution in [0.3, 0.4) is 0 Å². The Morgan fingerprint density at radius 1 is 1.14 bits per heavy atom. The molecule has 2 aliphatic rings. The van der Waals surface area contributed by atoms with Gasteiger partial charge in [-0.3, -0.25) is 14.7 Å². The Hall–Kier alpha value is -3.72. The first kappa shape index (κ1) is 25.0. The summed E-state index contributed by atoms with van der Waals surface area (Å²) in [5.74, 6) is 1.93. The van der Waals surface area contributed by atoms with Gasteiger partial charge in [0.15, 0.2) is 0 Å². The third-order valence-corrected chi connectivity index (χ3v) is 7.51. The van der Waals surface area contributed by atoms with Crippen LogP contribution >= 0.6 is 0 Å². The average Bonchev–Trinajstić information content (AvgIpc) is 3.24. The number of aryl methyl sites for hydroxylation is 1. The Bertz CT molecular complexity index is 1350. The molecule has 1 saturated heterocycles. The third kappa shape index (κ3) is 4.83. The van der Waals surface area contributed by atoms with Crippen molar-refractivity contribution in [2.24, 2.45) is 17.5 Å². The number of aliphatic imine (C=N–C) groups is 1. The highest BCUT2D eigenvalue weighted by molar-refractivity contribution is 5.97. The average molecular weight is 501 g/mol. The van der Waals surface area contributed by atoms with Crippen LogP contribution in [0.5, 0.6) is 0 Å². The molecule has 0 saturated carbocycles. The van der Waals surface area contributed by atoms with Gasteiger partial charge >= 0.3 is 0 Å². The van der Waals surface area contributed by atoms with Crippen molar-refractivity contribution < 1.29 is 4.79 Å². The normalized spacial score (nSPS) is 20.2. The summed E-state index contributed by atoms with van der Waals surface area (Å²) in [4.78, 5) is 32.9. The summed E-state index contributed by atoms with van der Waals surface area (Å²) < 4.78 is 2.21. The number of aromatic nitrogens is 3. The van der Waals surface area contributed by atoms with E-state index < -0.39 is 5.41 Å². The van der Waals surface area contributed by atoms with Crippen molar-refractivity contribution in [1.29, 1.82) is 0 Å². The van der Waals surface area contributed by atoms with Gasteiger partial charge < -0.3 is 19.7 Å². The second kappa shape index (κ2) is 9.97. The van der Waals surface area contributed by atoms with E-state index in [0.717, 1.165) is 66.5 Å². The van der Waals surface area contributed by atoms with Gasteiger partial charge in [-0.1, -0.05) is 6.08 Å². The van der Waals surface area contributed by atoms with Crippen LogP contribution in [-0.2, 0) is 18.4 Å². The van der Waals surface area contributed by atoms with E-state index in [-0.39, 0.29) is 5.91 Å². The maximum atomic E-state index is 12.5. The van der Waals surface area contributed by atoms with Gasteiger partial charge in [0.1, 0.15) is 17.3 Å². The predicted octanol–water partition coefficient (Wildman–Crippen LogP) is 2.86. The molecule has 1 N–H and O–H groups in total. The first-order chi connectivity index (χ1) is 17.8. The molecule has 37 heavy (non-hydrogen) atoms. The summed E-state index contributed by atoms with van der Waals surface area (Å²) in [5.41, 5.74) is 3.91. The van der Waals surface area contributed by atoms with Crippen LogP contribution in [0.4, 0.5) is 5.82 Å². The van der Waals surface area contributed by atoms with Crippen LogP contribution in [0, 0.1) is 5.41 Å². The molecule has 194 valence electrons. The van der Waals surface area contributed by atoms with Gasteiger partial charge in [-0.25, -0.2) is 9.97 Å². The molecule has 3 aromatic heterocycles. The minimum atomic E-state index is -0.554. The van der Waals surface area contributed by atoms with E-state index in [9.17, 15) is 4.79 Å². The lowest BCUT2D eigenvalue weighted by Crippen LogP contribution is -2.49. The van der Waals surface area contributed by atoms with Crippen molar-refractivity contribution in [2.75, 3.05) is 59.2 Å². The number of nitrogens with one attached hydrogen (secondary N) is 1. The molecular formula is C28H36N8O. The minimum absolute atomic E-state index is 0.0928. The van der Waals surface area contributed by atoms with Crippen LogP contribution in [0.25, 0.3) is 22.2 Å². The number of nitrogens with zero attached hydrogens (tertiary/aromatic N) is 7. The molecule has 5 heterocycles. The second-order valence-corrected chi connectivity index (χ2v) is 10.4. The van der Waals surface area contributed by atoms with Crippen LogP contribution < -0.4 is 5.32 Å². The second-order valence-electron chi connectivity index (χ2n) is 10.4. The molecule has 9 nitrogen and oxygen atoms in total. The standard InChI is InChI=1S/C28H36N8O/c1-28(27(37)33(3)4)10-8-25(32-19-28)36-14-12-35(13-15-36)18-21-16-23-22(9-11-30-26(23)34(21)5)20-6-7-24(29-2)31-17-20/h6-11,16-17H,12-15,18-19H2,1-5H3,(H,29,31). The van der Waals surface area contributed by atoms with Crippen LogP contribution in [0.2, 0.25) is 0 Å². The molecule has 5 rings (SSSR count). The molecule has 9 heteroatoms. The van der Waals surface area contributed by atoms with Gasteiger partial charge in [0.05, 0.1) is 12.0 Å².